The Bertz CT molecular complexity index is 256. The molecule has 0 aromatic rings. The number of hydrogen-bond acceptors (Lipinski definition) is 0. The van der Waals surface area contributed by atoms with Crippen LogP contribution in [0.2, 0.25) is 0 Å². The van der Waals surface area contributed by atoms with Crippen LogP contribution in [0, 0.1) is 0 Å². The maximum absolute atomic E-state index is 2.45. The lowest BCUT2D eigenvalue weighted by molar-refractivity contribution is -0.515. The SMILES string of the molecule is CC[N+]1=C2C=CCC=C2CC1. The molecule has 11 heavy (non-hydrogen) atoms. The minimum absolute atomic E-state index is 1.14. The largest absolute Gasteiger partial charge is 0.230 e. The van der Waals surface area contributed by atoms with Crippen molar-refractivity contribution in [1.29, 1.82) is 0 Å². The molecule has 0 unspecified atom stereocenters. The predicted molar refractivity (Wildman–Crippen MR) is 47.1 cm³/mol. The zero-order valence-corrected chi connectivity index (χ0v) is 7.01. The van der Waals surface area contributed by atoms with Crippen molar-refractivity contribution in [1.82, 2.24) is 0 Å². The van der Waals surface area contributed by atoms with Crippen molar-refractivity contribution in [3.05, 3.63) is 23.8 Å². The van der Waals surface area contributed by atoms with Crippen LogP contribution in [-0.4, -0.2) is 23.4 Å². The standard InChI is InChI=1S/C10H14N/c1-2-11-8-7-9-5-3-4-6-10(9)11/h4-6H,2-3,7-8H2,1H3/q+1. The number of hydrogen-bond donors (Lipinski definition) is 0. The van der Waals surface area contributed by atoms with Crippen LogP contribution in [0.5, 0.6) is 0 Å². The third kappa shape index (κ3) is 1.05. The van der Waals surface area contributed by atoms with Crippen molar-refractivity contribution in [2.24, 2.45) is 0 Å². The summed E-state index contributed by atoms with van der Waals surface area (Å²) in [5.41, 5.74) is 3.04. The highest BCUT2D eigenvalue weighted by Gasteiger charge is 2.24. The van der Waals surface area contributed by atoms with E-state index in [1.165, 1.54) is 18.7 Å². The van der Waals surface area contributed by atoms with Gasteiger partial charge >= 0.3 is 0 Å². The Labute approximate surface area is 67.7 Å². The van der Waals surface area contributed by atoms with Crippen LogP contribution >= 0.6 is 0 Å². The molecule has 0 bridgehead atoms. The summed E-state index contributed by atoms with van der Waals surface area (Å²) in [6.45, 7) is 4.59. The molecular formula is C10H14N+. The summed E-state index contributed by atoms with van der Waals surface area (Å²) in [4.78, 5) is 0. The van der Waals surface area contributed by atoms with Crippen LogP contribution < -0.4 is 0 Å². The summed E-state index contributed by atoms with van der Waals surface area (Å²) in [6.07, 6.45) is 9.26. The molecule has 1 nitrogen and oxygen atoms in total. The Morgan fingerprint density at radius 2 is 2.45 bits per heavy atom. The van der Waals surface area contributed by atoms with Gasteiger partial charge in [0.2, 0.25) is 5.71 Å². The highest BCUT2D eigenvalue weighted by molar-refractivity contribution is 6.06. The molecule has 0 N–H and O–H groups in total. The molecule has 1 heterocycles. The number of allylic oxidation sites excluding steroid dienone is 3. The summed E-state index contributed by atoms with van der Waals surface area (Å²) in [5.74, 6) is 0. The predicted octanol–water partition coefficient (Wildman–Crippen LogP) is 1.75. The molecule has 0 aromatic carbocycles. The van der Waals surface area contributed by atoms with E-state index in [0.717, 1.165) is 13.0 Å². The van der Waals surface area contributed by atoms with Crippen LogP contribution in [0.25, 0.3) is 0 Å². The van der Waals surface area contributed by atoms with Crippen LogP contribution in [-0.2, 0) is 0 Å². The lowest BCUT2D eigenvalue weighted by atomic mass is 10.0. The van der Waals surface area contributed by atoms with Crippen LogP contribution in [0.3, 0.4) is 0 Å². The molecule has 1 aliphatic carbocycles. The second-order valence-corrected chi connectivity index (χ2v) is 3.08. The topological polar surface area (TPSA) is 3.01 Å². The Balaban J connectivity index is 2.37. The molecule has 0 saturated heterocycles. The van der Waals surface area contributed by atoms with E-state index < -0.39 is 0 Å². The minimum Gasteiger partial charge on any atom is -0.230 e. The first kappa shape index (κ1) is 6.84. The van der Waals surface area contributed by atoms with Crippen LogP contribution in [0.4, 0.5) is 0 Å². The zero-order valence-electron chi connectivity index (χ0n) is 7.01. The van der Waals surface area contributed by atoms with Crippen molar-refractivity contribution in [3.63, 3.8) is 0 Å². The maximum Gasteiger partial charge on any atom is 0.202 e. The van der Waals surface area contributed by atoms with Gasteiger partial charge in [-0.15, -0.1) is 0 Å². The van der Waals surface area contributed by atoms with Gasteiger partial charge in [0.15, 0.2) is 0 Å². The van der Waals surface area contributed by atoms with E-state index >= 15 is 0 Å². The minimum atomic E-state index is 1.14. The van der Waals surface area contributed by atoms with Crippen molar-refractivity contribution in [3.8, 4) is 0 Å². The van der Waals surface area contributed by atoms with Crippen LogP contribution in [0.1, 0.15) is 19.8 Å². The Kier molecular flexibility index (Phi) is 1.65. The van der Waals surface area contributed by atoms with Gasteiger partial charge in [-0.3, -0.25) is 0 Å². The molecule has 0 radical (unpaired) electrons. The van der Waals surface area contributed by atoms with Gasteiger partial charge in [0.1, 0.15) is 13.1 Å². The third-order valence-corrected chi connectivity index (χ3v) is 2.48. The maximum atomic E-state index is 2.45. The molecular weight excluding hydrogens is 134 g/mol. The zero-order chi connectivity index (χ0) is 7.68. The van der Waals surface area contributed by atoms with Gasteiger partial charge in [-0.1, -0.05) is 12.2 Å². The highest BCUT2D eigenvalue weighted by Crippen LogP contribution is 2.18. The van der Waals surface area contributed by atoms with Gasteiger partial charge in [0.25, 0.3) is 0 Å². The number of rotatable bonds is 1. The van der Waals surface area contributed by atoms with E-state index in [1.54, 1.807) is 5.57 Å². The van der Waals surface area contributed by atoms with Gasteiger partial charge in [0, 0.05) is 18.1 Å². The van der Waals surface area contributed by atoms with E-state index in [9.17, 15) is 0 Å². The summed E-state index contributed by atoms with van der Waals surface area (Å²) in [7, 11) is 0. The summed E-state index contributed by atoms with van der Waals surface area (Å²) < 4.78 is 2.45. The fourth-order valence-corrected chi connectivity index (χ4v) is 1.84. The molecule has 0 amide bonds. The Hall–Kier alpha value is -0.850. The van der Waals surface area contributed by atoms with Gasteiger partial charge in [0.05, 0.1) is 0 Å². The lowest BCUT2D eigenvalue weighted by Crippen LogP contribution is -2.14. The molecule has 0 saturated carbocycles. The van der Waals surface area contributed by atoms with Crippen molar-refractivity contribution < 1.29 is 4.58 Å². The second-order valence-electron chi connectivity index (χ2n) is 3.08. The van der Waals surface area contributed by atoms with Gasteiger partial charge < -0.3 is 0 Å². The smallest absolute Gasteiger partial charge is 0.202 e. The fourth-order valence-electron chi connectivity index (χ4n) is 1.84. The first-order valence-electron chi connectivity index (χ1n) is 4.39. The second kappa shape index (κ2) is 2.65. The van der Waals surface area contributed by atoms with E-state index in [1.807, 2.05) is 0 Å². The normalized spacial score (nSPS) is 22.1. The summed E-state index contributed by atoms with van der Waals surface area (Å²) in [6, 6.07) is 0. The van der Waals surface area contributed by atoms with Crippen molar-refractivity contribution >= 4 is 5.71 Å². The van der Waals surface area contributed by atoms with Gasteiger partial charge in [-0.2, -0.15) is 0 Å². The number of fused-ring (bicyclic) bond motifs is 1. The average molecular weight is 148 g/mol. The molecule has 1 heteroatoms. The summed E-state index contributed by atoms with van der Waals surface area (Å²) in [5, 5.41) is 0. The Morgan fingerprint density at radius 3 is 3.27 bits per heavy atom. The average Bonchev–Trinajstić information content (AvgIpc) is 2.47. The molecule has 0 fully saturated rings. The van der Waals surface area contributed by atoms with E-state index in [2.05, 4.69) is 29.7 Å². The molecule has 58 valence electrons. The molecule has 0 aromatic heterocycles. The van der Waals surface area contributed by atoms with E-state index in [4.69, 9.17) is 0 Å². The Morgan fingerprint density at radius 1 is 1.55 bits per heavy atom. The fraction of sp³-hybridized carbons (Fsp3) is 0.500. The highest BCUT2D eigenvalue weighted by atomic mass is 15.0. The molecule has 0 atom stereocenters. The van der Waals surface area contributed by atoms with E-state index in [-0.39, 0.29) is 0 Å². The van der Waals surface area contributed by atoms with Crippen molar-refractivity contribution in [2.45, 2.75) is 19.8 Å². The molecule has 0 spiro atoms. The lowest BCUT2D eigenvalue weighted by Gasteiger charge is -1.99. The van der Waals surface area contributed by atoms with Crippen LogP contribution in [0.15, 0.2) is 23.8 Å². The van der Waals surface area contributed by atoms with Crippen molar-refractivity contribution in [2.75, 3.05) is 13.1 Å². The molecule has 2 aliphatic rings. The van der Waals surface area contributed by atoms with Gasteiger partial charge in [-0.05, 0) is 13.3 Å². The van der Waals surface area contributed by atoms with Gasteiger partial charge in [-0.25, -0.2) is 4.58 Å². The summed E-state index contributed by atoms with van der Waals surface area (Å²) >= 11 is 0. The first-order chi connectivity index (χ1) is 5.42. The first-order valence-corrected chi connectivity index (χ1v) is 4.39. The molecule has 2 rings (SSSR count). The quantitative estimate of drug-likeness (QED) is 0.498. The number of nitrogens with zero attached hydrogens (tertiary/aromatic N) is 1. The molecule has 1 aliphatic heterocycles. The third-order valence-electron chi connectivity index (χ3n) is 2.48. The van der Waals surface area contributed by atoms with E-state index in [0.29, 0.717) is 0 Å². The monoisotopic (exact) mass is 148 g/mol.